The molecular formula is C11H24N2. The first-order valence-corrected chi connectivity index (χ1v) is 5.31. The molecule has 1 atom stereocenters. The number of nitrogens with zero attached hydrogens (tertiary/aromatic N) is 2. The summed E-state index contributed by atoms with van der Waals surface area (Å²) in [5.74, 6) is 0. The lowest BCUT2D eigenvalue weighted by atomic mass is 9.95. The lowest BCUT2D eigenvalue weighted by Gasteiger charge is -2.40. The molecule has 1 saturated heterocycles. The van der Waals surface area contributed by atoms with Crippen LogP contribution >= 0.6 is 0 Å². The molecule has 0 spiro atoms. The smallest absolute Gasteiger partial charge is 0.0192 e. The van der Waals surface area contributed by atoms with Gasteiger partial charge in [0.15, 0.2) is 0 Å². The van der Waals surface area contributed by atoms with E-state index in [-0.39, 0.29) is 0 Å². The molecule has 0 aromatic rings. The van der Waals surface area contributed by atoms with Crippen LogP contribution < -0.4 is 0 Å². The van der Waals surface area contributed by atoms with E-state index in [2.05, 4.69) is 44.5 Å². The van der Waals surface area contributed by atoms with Gasteiger partial charge in [-0.2, -0.15) is 0 Å². The molecule has 0 aromatic carbocycles. The van der Waals surface area contributed by atoms with Crippen molar-refractivity contribution in [2.24, 2.45) is 5.41 Å². The summed E-state index contributed by atoms with van der Waals surface area (Å²) < 4.78 is 0. The predicted octanol–water partition coefficient (Wildman–Crippen LogP) is 1.67. The van der Waals surface area contributed by atoms with Gasteiger partial charge in [-0.25, -0.2) is 0 Å². The Balaban J connectivity index is 2.38. The highest BCUT2D eigenvalue weighted by Gasteiger charge is 2.23. The Kier molecular flexibility index (Phi) is 3.36. The van der Waals surface area contributed by atoms with Crippen molar-refractivity contribution in [3.63, 3.8) is 0 Å². The molecule has 1 heterocycles. The minimum Gasteiger partial charge on any atom is -0.301 e. The molecule has 0 N–H and O–H groups in total. The fourth-order valence-corrected chi connectivity index (χ4v) is 1.94. The summed E-state index contributed by atoms with van der Waals surface area (Å²) in [5.41, 5.74) is 0.440. The largest absolute Gasteiger partial charge is 0.301 e. The molecule has 0 radical (unpaired) electrons. The van der Waals surface area contributed by atoms with Crippen LogP contribution in [-0.2, 0) is 0 Å². The molecule has 0 amide bonds. The Morgan fingerprint density at radius 1 is 1.23 bits per heavy atom. The zero-order chi connectivity index (χ0) is 10.1. The van der Waals surface area contributed by atoms with Crippen LogP contribution in [0.15, 0.2) is 0 Å². The van der Waals surface area contributed by atoms with Crippen LogP contribution in [-0.4, -0.2) is 49.1 Å². The van der Waals surface area contributed by atoms with Gasteiger partial charge in [-0.1, -0.05) is 20.8 Å². The third-order valence-corrected chi connectivity index (χ3v) is 2.74. The van der Waals surface area contributed by atoms with Crippen molar-refractivity contribution in [1.82, 2.24) is 9.80 Å². The van der Waals surface area contributed by atoms with Gasteiger partial charge < -0.3 is 9.80 Å². The average Bonchev–Trinajstić information content (AvgIpc) is 1.94. The molecule has 1 aliphatic heterocycles. The van der Waals surface area contributed by atoms with Crippen LogP contribution in [0.25, 0.3) is 0 Å². The maximum atomic E-state index is 2.59. The van der Waals surface area contributed by atoms with Crippen molar-refractivity contribution < 1.29 is 0 Å². The minimum atomic E-state index is 0.440. The van der Waals surface area contributed by atoms with Crippen LogP contribution in [0.4, 0.5) is 0 Å². The summed E-state index contributed by atoms with van der Waals surface area (Å²) in [6.07, 6.45) is 0. The van der Waals surface area contributed by atoms with Crippen molar-refractivity contribution >= 4 is 0 Å². The van der Waals surface area contributed by atoms with Crippen LogP contribution in [0, 0.1) is 5.41 Å². The van der Waals surface area contributed by atoms with Gasteiger partial charge in [0.05, 0.1) is 0 Å². The second-order valence-electron chi connectivity index (χ2n) is 5.63. The Hall–Kier alpha value is -0.0800. The predicted molar refractivity (Wildman–Crippen MR) is 58.0 cm³/mol. The van der Waals surface area contributed by atoms with E-state index in [0.717, 1.165) is 6.04 Å². The van der Waals surface area contributed by atoms with Gasteiger partial charge in [0.2, 0.25) is 0 Å². The topological polar surface area (TPSA) is 6.48 Å². The number of piperazine rings is 1. The zero-order valence-electron chi connectivity index (χ0n) is 9.80. The summed E-state index contributed by atoms with van der Waals surface area (Å²) in [4.78, 5) is 5.03. The number of hydrogen-bond acceptors (Lipinski definition) is 2. The van der Waals surface area contributed by atoms with E-state index in [9.17, 15) is 0 Å². The zero-order valence-corrected chi connectivity index (χ0v) is 9.80. The van der Waals surface area contributed by atoms with Gasteiger partial charge in [0.25, 0.3) is 0 Å². The number of likely N-dealkylation sites (N-methyl/N-ethyl adjacent to an activating group) is 1. The average molecular weight is 184 g/mol. The van der Waals surface area contributed by atoms with Crippen molar-refractivity contribution in [3.05, 3.63) is 0 Å². The van der Waals surface area contributed by atoms with E-state index in [4.69, 9.17) is 0 Å². The summed E-state index contributed by atoms with van der Waals surface area (Å²) in [5, 5.41) is 0. The Morgan fingerprint density at radius 3 is 2.31 bits per heavy atom. The molecule has 0 saturated carbocycles. The third-order valence-electron chi connectivity index (χ3n) is 2.74. The monoisotopic (exact) mass is 184 g/mol. The van der Waals surface area contributed by atoms with Gasteiger partial charge in [-0.3, -0.25) is 0 Å². The number of hydrogen-bond donors (Lipinski definition) is 0. The highest BCUT2D eigenvalue weighted by atomic mass is 15.3. The lowest BCUT2D eigenvalue weighted by Crippen LogP contribution is -2.51. The molecule has 0 bridgehead atoms. The fourth-order valence-electron chi connectivity index (χ4n) is 1.94. The molecular weight excluding hydrogens is 160 g/mol. The summed E-state index contributed by atoms with van der Waals surface area (Å²) in [6.45, 7) is 14.2. The van der Waals surface area contributed by atoms with Crippen molar-refractivity contribution in [1.29, 1.82) is 0 Å². The molecule has 2 nitrogen and oxygen atoms in total. The first kappa shape index (κ1) is 11.0. The highest BCUT2D eigenvalue weighted by Crippen LogP contribution is 2.17. The van der Waals surface area contributed by atoms with Crippen molar-refractivity contribution in [3.8, 4) is 0 Å². The van der Waals surface area contributed by atoms with E-state index in [1.807, 2.05) is 0 Å². The van der Waals surface area contributed by atoms with Crippen LogP contribution in [0.3, 0.4) is 0 Å². The van der Waals surface area contributed by atoms with E-state index >= 15 is 0 Å². The van der Waals surface area contributed by atoms with Gasteiger partial charge in [-0.05, 0) is 19.4 Å². The number of rotatable bonds is 1. The van der Waals surface area contributed by atoms with E-state index in [0.29, 0.717) is 5.41 Å². The van der Waals surface area contributed by atoms with Crippen molar-refractivity contribution in [2.45, 2.75) is 33.7 Å². The molecule has 0 aromatic heterocycles. The first-order chi connectivity index (χ1) is 5.88. The van der Waals surface area contributed by atoms with Gasteiger partial charge in [0, 0.05) is 32.2 Å². The molecule has 1 unspecified atom stereocenters. The standard InChI is InChI=1S/C11H24N2/c1-10-8-13(7-6-12(10)5)9-11(2,3)4/h10H,6-9H2,1-5H3. The molecule has 0 aliphatic carbocycles. The van der Waals surface area contributed by atoms with Gasteiger partial charge >= 0.3 is 0 Å². The molecule has 1 rings (SSSR count). The molecule has 13 heavy (non-hydrogen) atoms. The second kappa shape index (κ2) is 3.97. The van der Waals surface area contributed by atoms with Gasteiger partial charge in [0.1, 0.15) is 0 Å². The van der Waals surface area contributed by atoms with Crippen LogP contribution in [0.2, 0.25) is 0 Å². The van der Waals surface area contributed by atoms with Crippen LogP contribution in [0.5, 0.6) is 0 Å². The summed E-state index contributed by atoms with van der Waals surface area (Å²) >= 11 is 0. The maximum absolute atomic E-state index is 2.59. The van der Waals surface area contributed by atoms with Gasteiger partial charge in [-0.15, -0.1) is 0 Å². The quantitative estimate of drug-likeness (QED) is 0.611. The molecule has 78 valence electrons. The van der Waals surface area contributed by atoms with Crippen molar-refractivity contribution in [2.75, 3.05) is 33.2 Å². The van der Waals surface area contributed by atoms with E-state index < -0.39 is 0 Å². The molecule has 2 heteroatoms. The fraction of sp³-hybridized carbons (Fsp3) is 1.00. The summed E-state index contributed by atoms with van der Waals surface area (Å²) in [6, 6.07) is 0.719. The Morgan fingerprint density at radius 2 is 1.85 bits per heavy atom. The molecule has 1 aliphatic rings. The molecule has 1 fully saturated rings. The second-order valence-corrected chi connectivity index (χ2v) is 5.63. The SMILES string of the molecule is CC1CN(CC(C)(C)C)CCN1C. The maximum Gasteiger partial charge on any atom is 0.0192 e. The van der Waals surface area contributed by atoms with E-state index in [1.54, 1.807) is 0 Å². The lowest BCUT2D eigenvalue weighted by molar-refractivity contribution is 0.0794. The Bertz CT molecular complexity index is 160. The van der Waals surface area contributed by atoms with Crippen LogP contribution in [0.1, 0.15) is 27.7 Å². The van der Waals surface area contributed by atoms with E-state index in [1.165, 1.54) is 26.2 Å². The normalized spacial score (nSPS) is 27.9. The first-order valence-electron chi connectivity index (χ1n) is 5.31. The highest BCUT2D eigenvalue weighted by molar-refractivity contribution is 4.79. The minimum absolute atomic E-state index is 0.440. The summed E-state index contributed by atoms with van der Waals surface area (Å²) in [7, 11) is 2.22. The Labute approximate surface area is 82.9 Å². The third kappa shape index (κ3) is 3.65.